The first-order valence-corrected chi connectivity index (χ1v) is 10.3. The van der Waals surface area contributed by atoms with Gasteiger partial charge in [0.2, 0.25) is 0 Å². The third-order valence-corrected chi connectivity index (χ3v) is 4.60. The van der Waals surface area contributed by atoms with Crippen LogP contribution in [0, 0.1) is 0 Å². The predicted molar refractivity (Wildman–Crippen MR) is 111 cm³/mol. The third kappa shape index (κ3) is 11.8. The minimum absolute atomic E-state index is 0.409. The molecule has 140 valence electrons. The van der Waals surface area contributed by atoms with Crippen LogP contribution in [0.1, 0.15) is 87.9 Å². The second-order valence-corrected chi connectivity index (χ2v) is 7.00. The summed E-state index contributed by atoms with van der Waals surface area (Å²) in [4.78, 5) is 11.0. The molecule has 0 amide bonds. The van der Waals surface area contributed by atoms with Crippen LogP contribution in [0.3, 0.4) is 0 Å². The largest absolute Gasteiger partial charge is 0.385 e. The van der Waals surface area contributed by atoms with Crippen LogP contribution in [0.4, 0.5) is 5.69 Å². The molecule has 0 saturated heterocycles. The van der Waals surface area contributed by atoms with Crippen molar-refractivity contribution in [1.82, 2.24) is 0 Å². The van der Waals surface area contributed by atoms with E-state index in [1.807, 2.05) is 12.1 Å². The van der Waals surface area contributed by atoms with E-state index in [-0.39, 0.29) is 0 Å². The standard InChI is InChI=1S/C22H34ClNO/c1-2-3-4-5-6-7-8-9-10-11-12-13-14-19-24-21-17-15-20(16-18-21)22(23)25/h11-12,15-18,24H,2-10,13-14,19H2,1H3/b12-11+. The van der Waals surface area contributed by atoms with Gasteiger partial charge in [0, 0.05) is 17.8 Å². The van der Waals surface area contributed by atoms with E-state index >= 15 is 0 Å². The summed E-state index contributed by atoms with van der Waals surface area (Å²) >= 11 is 5.43. The number of rotatable bonds is 15. The average Bonchev–Trinajstić information content (AvgIpc) is 2.62. The number of halogens is 1. The second-order valence-electron chi connectivity index (χ2n) is 6.66. The fourth-order valence-electron chi connectivity index (χ4n) is 2.80. The van der Waals surface area contributed by atoms with E-state index in [1.54, 1.807) is 12.1 Å². The minimum atomic E-state index is -0.409. The lowest BCUT2D eigenvalue weighted by molar-refractivity contribution is 0.108. The van der Waals surface area contributed by atoms with E-state index in [2.05, 4.69) is 24.4 Å². The molecule has 2 nitrogen and oxygen atoms in total. The van der Waals surface area contributed by atoms with Crippen LogP contribution in [0.5, 0.6) is 0 Å². The SMILES string of the molecule is CCCCCCCCCC/C=C/CCCNc1ccc(C(=O)Cl)cc1. The summed E-state index contributed by atoms with van der Waals surface area (Å²) in [7, 11) is 0. The first-order chi connectivity index (χ1) is 12.2. The number of allylic oxidation sites excluding steroid dienone is 2. The third-order valence-electron chi connectivity index (χ3n) is 4.38. The van der Waals surface area contributed by atoms with Crippen LogP contribution >= 0.6 is 11.6 Å². The minimum Gasteiger partial charge on any atom is -0.385 e. The van der Waals surface area contributed by atoms with Gasteiger partial charge in [0.15, 0.2) is 0 Å². The van der Waals surface area contributed by atoms with Crippen molar-refractivity contribution in [1.29, 1.82) is 0 Å². The van der Waals surface area contributed by atoms with Crippen LogP contribution in [0.25, 0.3) is 0 Å². The summed E-state index contributed by atoms with van der Waals surface area (Å²) < 4.78 is 0. The molecular weight excluding hydrogens is 330 g/mol. The Morgan fingerprint density at radius 3 is 2.04 bits per heavy atom. The number of hydrogen-bond acceptors (Lipinski definition) is 2. The van der Waals surface area contributed by atoms with E-state index in [0.29, 0.717) is 5.56 Å². The molecule has 0 radical (unpaired) electrons. The second kappa shape index (κ2) is 15.0. The Balaban J connectivity index is 1.92. The number of anilines is 1. The molecule has 3 heteroatoms. The fraction of sp³-hybridized carbons (Fsp3) is 0.591. The molecule has 1 rings (SSSR count). The molecular formula is C22H34ClNO. The van der Waals surface area contributed by atoms with Crippen molar-refractivity contribution < 1.29 is 4.79 Å². The van der Waals surface area contributed by atoms with E-state index < -0.39 is 5.24 Å². The quantitative estimate of drug-likeness (QED) is 0.200. The zero-order valence-electron chi connectivity index (χ0n) is 15.7. The lowest BCUT2D eigenvalue weighted by Crippen LogP contribution is -2.01. The molecule has 0 aliphatic heterocycles. The van der Waals surface area contributed by atoms with Crippen LogP contribution in [-0.4, -0.2) is 11.8 Å². The maximum Gasteiger partial charge on any atom is 0.252 e. The van der Waals surface area contributed by atoms with Crippen LogP contribution in [-0.2, 0) is 0 Å². The van der Waals surface area contributed by atoms with Gasteiger partial charge in [-0.25, -0.2) is 0 Å². The molecule has 0 aliphatic rings. The van der Waals surface area contributed by atoms with Crippen molar-refractivity contribution >= 4 is 22.5 Å². The molecule has 1 aromatic carbocycles. The fourth-order valence-corrected chi connectivity index (χ4v) is 2.93. The predicted octanol–water partition coefficient (Wildman–Crippen LogP) is 7.34. The maximum atomic E-state index is 11.0. The van der Waals surface area contributed by atoms with E-state index in [4.69, 9.17) is 11.6 Å². The molecule has 0 aromatic heterocycles. The Labute approximate surface area is 159 Å². The summed E-state index contributed by atoms with van der Waals surface area (Å²) in [5.74, 6) is 0. The number of benzene rings is 1. The summed E-state index contributed by atoms with van der Waals surface area (Å²) in [6.07, 6.45) is 19.2. The zero-order valence-corrected chi connectivity index (χ0v) is 16.5. The van der Waals surface area contributed by atoms with Gasteiger partial charge in [-0.1, -0.05) is 64.0 Å². The average molecular weight is 364 g/mol. The molecule has 0 saturated carbocycles. The highest BCUT2D eigenvalue weighted by Gasteiger charge is 2.00. The van der Waals surface area contributed by atoms with Gasteiger partial charge in [-0.3, -0.25) is 4.79 Å². The molecule has 0 atom stereocenters. The molecule has 1 aromatic rings. The number of carbonyl (C=O) groups is 1. The van der Waals surface area contributed by atoms with Gasteiger partial charge in [0.25, 0.3) is 5.24 Å². The topological polar surface area (TPSA) is 29.1 Å². The Bertz CT molecular complexity index is 481. The van der Waals surface area contributed by atoms with Gasteiger partial charge in [-0.15, -0.1) is 0 Å². The Morgan fingerprint density at radius 2 is 1.44 bits per heavy atom. The first kappa shape index (κ1) is 21.8. The Morgan fingerprint density at radius 1 is 0.880 bits per heavy atom. The lowest BCUT2D eigenvalue weighted by Gasteiger charge is -2.05. The first-order valence-electron chi connectivity index (χ1n) is 9.92. The lowest BCUT2D eigenvalue weighted by atomic mass is 10.1. The van der Waals surface area contributed by atoms with Crippen molar-refractivity contribution in [3.63, 3.8) is 0 Å². The molecule has 1 N–H and O–H groups in total. The van der Waals surface area contributed by atoms with Gasteiger partial charge >= 0.3 is 0 Å². The highest BCUT2D eigenvalue weighted by atomic mass is 35.5. The summed E-state index contributed by atoms with van der Waals surface area (Å²) in [5, 5.41) is 2.95. The van der Waals surface area contributed by atoms with Crippen molar-refractivity contribution in [2.45, 2.75) is 77.6 Å². The van der Waals surface area contributed by atoms with E-state index in [9.17, 15) is 4.79 Å². The van der Waals surface area contributed by atoms with Gasteiger partial charge in [0.05, 0.1) is 0 Å². The van der Waals surface area contributed by atoms with Crippen LogP contribution in [0.15, 0.2) is 36.4 Å². The Kier molecular flexibility index (Phi) is 13.1. The van der Waals surface area contributed by atoms with E-state index in [0.717, 1.165) is 25.1 Å². The molecule has 0 spiro atoms. The molecule has 25 heavy (non-hydrogen) atoms. The highest BCUT2D eigenvalue weighted by molar-refractivity contribution is 6.67. The smallest absolute Gasteiger partial charge is 0.252 e. The molecule has 0 heterocycles. The Hall–Kier alpha value is -1.28. The van der Waals surface area contributed by atoms with Gasteiger partial charge < -0.3 is 5.32 Å². The zero-order chi connectivity index (χ0) is 18.2. The van der Waals surface area contributed by atoms with Crippen LogP contribution < -0.4 is 5.32 Å². The van der Waals surface area contributed by atoms with Crippen molar-refractivity contribution in [2.75, 3.05) is 11.9 Å². The molecule has 0 unspecified atom stereocenters. The summed E-state index contributed by atoms with van der Waals surface area (Å²) in [6.45, 7) is 3.21. The molecule has 0 fully saturated rings. The molecule has 0 bridgehead atoms. The number of unbranched alkanes of at least 4 members (excludes halogenated alkanes) is 9. The number of hydrogen-bond donors (Lipinski definition) is 1. The highest BCUT2D eigenvalue weighted by Crippen LogP contribution is 2.12. The van der Waals surface area contributed by atoms with Gasteiger partial charge in [-0.2, -0.15) is 0 Å². The number of carbonyl (C=O) groups excluding carboxylic acids is 1. The maximum absolute atomic E-state index is 11.0. The monoisotopic (exact) mass is 363 g/mol. The van der Waals surface area contributed by atoms with Crippen molar-refractivity contribution in [2.24, 2.45) is 0 Å². The normalized spacial score (nSPS) is 11.1. The number of nitrogens with one attached hydrogen (secondary N) is 1. The summed E-state index contributed by atoms with van der Waals surface area (Å²) in [5.41, 5.74) is 1.57. The van der Waals surface area contributed by atoms with Crippen molar-refractivity contribution in [3.05, 3.63) is 42.0 Å². The van der Waals surface area contributed by atoms with Gasteiger partial charge in [-0.05, 0) is 61.5 Å². The summed E-state index contributed by atoms with van der Waals surface area (Å²) in [6, 6.07) is 7.30. The van der Waals surface area contributed by atoms with Crippen LogP contribution in [0.2, 0.25) is 0 Å². The molecule has 0 aliphatic carbocycles. The van der Waals surface area contributed by atoms with Gasteiger partial charge in [0.1, 0.15) is 0 Å². The van der Waals surface area contributed by atoms with Crippen molar-refractivity contribution in [3.8, 4) is 0 Å². The van der Waals surface area contributed by atoms with E-state index in [1.165, 1.54) is 57.8 Å².